The van der Waals surface area contributed by atoms with E-state index in [1.807, 2.05) is 0 Å². The number of hydrogen-bond acceptors (Lipinski definition) is 2. The first kappa shape index (κ1) is 7.03. The lowest BCUT2D eigenvalue weighted by Gasteiger charge is -2.05. The van der Waals surface area contributed by atoms with E-state index in [-0.39, 0.29) is 11.3 Å². The number of carbonyl (C=O) groups excluding carboxylic acids is 1. The van der Waals surface area contributed by atoms with Crippen LogP contribution in [0.25, 0.3) is 0 Å². The third-order valence-electron chi connectivity index (χ3n) is 1.40. The summed E-state index contributed by atoms with van der Waals surface area (Å²) in [5.41, 5.74) is 0. The van der Waals surface area contributed by atoms with Crippen LogP contribution in [-0.4, -0.2) is 17.3 Å². The molecule has 0 aromatic heterocycles. The molecular weight excluding hydrogens is 138 g/mol. The highest BCUT2D eigenvalue weighted by Gasteiger charge is 2.24. The zero-order chi connectivity index (χ0) is 6.85. The van der Waals surface area contributed by atoms with Crippen molar-refractivity contribution >= 4 is 16.8 Å². The minimum atomic E-state index is -0.290. The van der Waals surface area contributed by atoms with Gasteiger partial charge in [0.15, 0.2) is 0 Å². The van der Waals surface area contributed by atoms with Crippen molar-refractivity contribution in [2.24, 2.45) is 0 Å². The van der Waals surface area contributed by atoms with Gasteiger partial charge >= 0.3 is 0 Å². The lowest BCUT2D eigenvalue weighted by Crippen LogP contribution is -2.32. The van der Waals surface area contributed by atoms with Gasteiger partial charge in [0, 0.05) is 6.04 Å². The van der Waals surface area contributed by atoms with Crippen LogP contribution >= 0.6 is 11.6 Å². The highest BCUT2D eigenvalue weighted by Crippen LogP contribution is 2.19. The van der Waals surface area contributed by atoms with Crippen LogP contribution in [0.4, 0.5) is 0 Å². The molecule has 1 fully saturated rings. The number of hydrogen-bond donors (Lipinski definition) is 1. The molecule has 0 bridgehead atoms. The molecule has 1 unspecified atom stereocenters. The van der Waals surface area contributed by atoms with Crippen molar-refractivity contribution in [3.8, 4) is 0 Å². The fourth-order valence-corrected chi connectivity index (χ4v) is 0.732. The zero-order valence-electron chi connectivity index (χ0n) is 5.36. The largest absolute Gasteiger partial charge is 0.304 e. The Hall–Kier alpha value is -0.0800. The molecule has 1 saturated carbocycles. The molecule has 0 saturated heterocycles. The molecule has 0 aromatic carbocycles. The molecule has 9 heavy (non-hydrogen) atoms. The summed E-state index contributed by atoms with van der Waals surface area (Å²) in [4.78, 5) is 10.4. The predicted molar refractivity (Wildman–Crippen MR) is 36.5 cm³/mol. The van der Waals surface area contributed by atoms with E-state index in [4.69, 9.17) is 11.6 Å². The van der Waals surface area contributed by atoms with E-state index in [0.29, 0.717) is 6.04 Å². The van der Waals surface area contributed by atoms with E-state index in [1.54, 1.807) is 6.92 Å². The molecule has 1 N–H and O–H groups in total. The fraction of sp³-hybridized carbons (Fsp3) is 0.833. The van der Waals surface area contributed by atoms with E-state index in [9.17, 15) is 4.79 Å². The molecule has 3 heteroatoms. The normalized spacial score (nSPS) is 21.6. The molecule has 0 spiro atoms. The third-order valence-corrected chi connectivity index (χ3v) is 1.73. The molecule has 0 aliphatic heterocycles. The predicted octanol–water partition coefficient (Wildman–Crippen LogP) is 0.892. The second-order valence-corrected chi connectivity index (χ2v) is 2.84. The van der Waals surface area contributed by atoms with Gasteiger partial charge in [-0.05, 0) is 31.4 Å². The molecule has 1 atom stereocenters. The Bertz CT molecular complexity index is 122. The number of halogens is 1. The van der Waals surface area contributed by atoms with Crippen LogP contribution in [0.1, 0.15) is 19.8 Å². The van der Waals surface area contributed by atoms with Gasteiger partial charge in [0.05, 0.1) is 6.04 Å². The van der Waals surface area contributed by atoms with Crippen molar-refractivity contribution in [1.29, 1.82) is 0 Å². The first-order valence-electron chi connectivity index (χ1n) is 3.15. The van der Waals surface area contributed by atoms with Gasteiger partial charge in [0.25, 0.3) is 0 Å². The van der Waals surface area contributed by atoms with Gasteiger partial charge < -0.3 is 5.32 Å². The standard InChI is InChI=1S/C6H10ClNO/c1-4(6(7)9)8-5-2-3-5/h4-5,8H,2-3H2,1H3. The van der Waals surface area contributed by atoms with Gasteiger partial charge in [-0.15, -0.1) is 0 Å². The van der Waals surface area contributed by atoms with Crippen LogP contribution in [0.5, 0.6) is 0 Å². The average molecular weight is 148 g/mol. The van der Waals surface area contributed by atoms with Crippen LogP contribution in [0, 0.1) is 0 Å². The van der Waals surface area contributed by atoms with E-state index >= 15 is 0 Å². The highest BCUT2D eigenvalue weighted by atomic mass is 35.5. The summed E-state index contributed by atoms with van der Waals surface area (Å²) in [6.45, 7) is 1.79. The second-order valence-electron chi connectivity index (χ2n) is 2.47. The number of nitrogens with one attached hydrogen (secondary N) is 1. The van der Waals surface area contributed by atoms with Crippen LogP contribution in [0.15, 0.2) is 0 Å². The van der Waals surface area contributed by atoms with Gasteiger partial charge in [0.1, 0.15) is 0 Å². The van der Waals surface area contributed by atoms with Gasteiger partial charge in [-0.2, -0.15) is 0 Å². The molecule has 0 aromatic rings. The zero-order valence-corrected chi connectivity index (χ0v) is 6.11. The van der Waals surface area contributed by atoms with Crippen molar-refractivity contribution in [3.63, 3.8) is 0 Å². The van der Waals surface area contributed by atoms with E-state index in [0.717, 1.165) is 0 Å². The Kier molecular flexibility index (Phi) is 2.09. The first-order valence-corrected chi connectivity index (χ1v) is 3.53. The summed E-state index contributed by atoms with van der Waals surface area (Å²) in [6, 6.07) is 0.391. The van der Waals surface area contributed by atoms with Crippen molar-refractivity contribution < 1.29 is 4.79 Å². The summed E-state index contributed by atoms with van der Waals surface area (Å²) in [6.07, 6.45) is 2.38. The second kappa shape index (κ2) is 2.67. The molecule has 0 radical (unpaired) electrons. The van der Waals surface area contributed by atoms with Crippen molar-refractivity contribution in [1.82, 2.24) is 5.32 Å². The van der Waals surface area contributed by atoms with E-state index in [2.05, 4.69) is 5.32 Å². The lowest BCUT2D eigenvalue weighted by molar-refractivity contribution is -0.113. The molecule has 0 heterocycles. The van der Waals surface area contributed by atoms with Gasteiger partial charge in [-0.3, -0.25) is 4.79 Å². The molecule has 1 aliphatic rings. The van der Waals surface area contributed by atoms with Crippen LogP contribution in [0.3, 0.4) is 0 Å². The Labute approximate surface area is 59.6 Å². The molecule has 2 nitrogen and oxygen atoms in total. The van der Waals surface area contributed by atoms with Crippen molar-refractivity contribution in [2.75, 3.05) is 0 Å². The smallest absolute Gasteiger partial charge is 0.238 e. The molecule has 52 valence electrons. The third kappa shape index (κ3) is 2.33. The van der Waals surface area contributed by atoms with E-state index in [1.165, 1.54) is 12.8 Å². The summed E-state index contributed by atoms with van der Waals surface area (Å²) in [7, 11) is 0. The topological polar surface area (TPSA) is 29.1 Å². The first-order chi connectivity index (χ1) is 4.20. The molecule has 1 rings (SSSR count). The van der Waals surface area contributed by atoms with Crippen LogP contribution in [0.2, 0.25) is 0 Å². The van der Waals surface area contributed by atoms with Crippen molar-refractivity contribution in [3.05, 3.63) is 0 Å². The lowest BCUT2D eigenvalue weighted by atomic mass is 10.4. The van der Waals surface area contributed by atoms with Gasteiger partial charge in [-0.25, -0.2) is 0 Å². The minimum absolute atomic E-state index is 0.167. The minimum Gasteiger partial charge on any atom is -0.304 e. The average Bonchev–Trinajstić information content (AvgIpc) is 2.50. The SMILES string of the molecule is CC(NC1CC1)C(=O)Cl. The van der Waals surface area contributed by atoms with E-state index < -0.39 is 0 Å². The Morgan fingerprint density at radius 3 is 2.67 bits per heavy atom. The van der Waals surface area contributed by atoms with Crippen molar-refractivity contribution in [2.45, 2.75) is 31.8 Å². The molecule has 1 aliphatic carbocycles. The van der Waals surface area contributed by atoms with Gasteiger partial charge in [0.2, 0.25) is 5.24 Å². The molecular formula is C6H10ClNO. The maximum atomic E-state index is 10.4. The highest BCUT2D eigenvalue weighted by molar-refractivity contribution is 6.64. The summed E-state index contributed by atoms with van der Waals surface area (Å²) < 4.78 is 0. The number of carbonyl (C=O) groups is 1. The Balaban J connectivity index is 2.16. The summed E-state index contributed by atoms with van der Waals surface area (Å²) >= 11 is 5.20. The maximum Gasteiger partial charge on any atom is 0.238 e. The summed E-state index contributed by atoms with van der Waals surface area (Å²) in [5.74, 6) is 0. The quantitative estimate of drug-likeness (QED) is 0.601. The maximum absolute atomic E-state index is 10.4. The molecule has 0 amide bonds. The van der Waals surface area contributed by atoms with Gasteiger partial charge in [-0.1, -0.05) is 0 Å². The van der Waals surface area contributed by atoms with Crippen LogP contribution in [-0.2, 0) is 4.79 Å². The monoisotopic (exact) mass is 147 g/mol. The summed E-state index contributed by atoms with van der Waals surface area (Å²) in [5, 5.41) is 2.78. The number of rotatable bonds is 3. The fourth-order valence-electron chi connectivity index (χ4n) is 0.669. The van der Waals surface area contributed by atoms with Crippen LogP contribution < -0.4 is 5.32 Å². The Morgan fingerprint density at radius 2 is 2.33 bits per heavy atom. The Morgan fingerprint density at radius 1 is 1.78 bits per heavy atom.